The Morgan fingerprint density at radius 2 is 2.25 bits per heavy atom. The first-order valence-electron chi connectivity index (χ1n) is 6.68. The van der Waals surface area contributed by atoms with E-state index in [-0.39, 0.29) is 11.9 Å². The summed E-state index contributed by atoms with van der Waals surface area (Å²) >= 11 is 0. The molecule has 0 saturated carbocycles. The lowest BCUT2D eigenvalue weighted by Gasteiger charge is -2.30. The van der Waals surface area contributed by atoms with Crippen molar-refractivity contribution < 1.29 is 18.3 Å². The molecule has 1 aliphatic rings. The molecular formula is C14H20F2N2O2. The first-order chi connectivity index (χ1) is 9.65. The van der Waals surface area contributed by atoms with Crippen molar-refractivity contribution in [2.24, 2.45) is 0 Å². The summed E-state index contributed by atoms with van der Waals surface area (Å²) in [6.45, 7) is 0.920. The largest absolute Gasteiger partial charge is 0.434 e. The number of nitrogens with one attached hydrogen (secondary N) is 1. The van der Waals surface area contributed by atoms with Gasteiger partial charge in [0.2, 0.25) is 0 Å². The summed E-state index contributed by atoms with van der Waals surface area (Å²) in [5.74, 6) is 0.219. The zero-order valence-electron chi connectivity index (χ0n) is 11.5. The van der Waals surface area contributed by atoms with E-state index in [4.69, 9.17) is 4.74 Å². The van der Waals surface area contributed by atoms with Crippen molar-refractivity contribution in [1.82, 2.24) is 10.2 Å². The molecule has 1 fully saturated rings. The van der Waals surface area contributed by atoms with E-state index >= 15 is 0 Å². The highest BCUT2D eigenvalue weighted by Crippen LogP contribution is 2.19. The van der Waals surface area contributed by atoms with Crippen molar-refractivity contribution in [3.8, 4) is 5.75 Å². The predicted octanol–water partition coefficient (Wildman–Crippen LogP) is 1.71. The van der Waals surface area contributed by atoms with E-state index < -0.39 is 6.61 Å². The highest BCUT2D eigenvalue weighted by molar-refractivity contribution is 5.33. The first-order valence-corrected chi connectivity index (χ1v) is 6.68. The van der Waals surface area contributed by atoms with E-state index in [1.807, 2.05) is 0 Å². The fraction of sp³-hybridized carbons (Fsp3) is 0.571. The minimum absolute atomic E-state index is 0.136. The number of nitrogens with zero attached hydrogens (tertiary/aromatic N) is 1. The molecule has 0 amide bonds. The van der Waals surface area contributed by atoms with Crippen LogP contribution in [0.4, 0.5) is 8.78 Å². The molecule has 0 aliphatic carbocycles. The monoisotopic (exact) mass is 286 g/mol. The second-order valence-corrected chi connectivity index (χ2v) is 4.87. The third kappa shape index (κ3) is 4.70. The van der Waals surface area contributed by atoms with Gasteiger partial charge in [-0.05, 0) is 13.1 Å². The van der Waals surface area contributed by atoms with Crippen LogP contribution < -0.4 is 10.1 Å². The van der Waals surface area contributed by atoms with Crippen LogP contribution in [0.1, 0.15) is 5.56 Å². The van der Waals surface area contributed by atoms with E-state index in [2.05, 4.69) is 22.0 Å². The molecular weight excluding hydrogens is 266 g/mol. The molecule has 2 rings (SSSR count). The quantitative estimate of drug-likeness (QED) is 0.863. The maximum Gasteiger partial charge on any atom is 0.387 e. The zero-order valence-corrected chi connectivity index (χ0v) is 11.5. The molecule has 1 unspecified atom stereocenters. The molecule has 1 atom stereocenters. The van der Waals surface area contributed by atoms with Gasteiger partial charge < -0.3 is 19.7 Å². The molecule has 1 N–H and O–H groups in total. The third-order valence-corrected chi connectivity index (χ3v) is 3.22. The van der Waals surface area contributed by atoms with Crippen LogP contribution in [0.5, 0.6) is 5.75 Å². The molecule has 1 aromatic rings. The summed E-state index contributed by atoms with van der Waals surface area (Å²) in [4.78, 5) is 2.21. The van der Waals surface area contributed by atoms with Crippen molar-refractivity contribution >= 4 is 0 Å². The van der Waals surface area contributed by atoms with Gasteiger partial charge in [0, 0.05) is 31.7 Å². The minimum atomic E-state index is -2.80. The molecule has 1 aromatic carbocycles. The number of hydrogen-bond donors (Lipinski definition) is 1. The average molecular weight is 286 g/mol. The smallest absolute Gasteiger partial charge is 0.387 e. The summed E-state index contributed by atoms with van der Waals surface area (Å²) in [7, 11) is 2.06. The Bertz CT molecular complexity index is 418. The van der Waals surface area contributed by atoms with Crippen molar-refractivity contribution in [3.63, 3.8) is 0 Å². The Balaban J connectivity index is 1.81. The van der Waals surface area contributed by atoms with Gasteiger partial charge in [0.25, 0.3) is 0 Å². The van der Waals surface area contributed by atoms with Gasteiger partial charge in [-0.15, -0.1) is 0 Å². The van der Waals surface area contributed by atoms with Crippen LogP contribution >= 0.6 is 0 Å². The van der Waals surface area contributed by atoms with E-state index in [1.165, 1.54) is 0 Å². The van der Waals surface area contributed by atoms with Crippen LogP contribution in [-0.4, -0.2) is 50.9 Å². The van der Waals surface area contributed by atoms with Gasteiger partial charge in [0.1, 0.15) is 5.75 Å². The molecule has 1 saturated heterocycles. The number of likely N-dealkylation sites (N-methyl/N-ethyl adjacent to an activating group) is 1. The lowest BCUT2D eigenvalue weighted by molar-refractivity contribution is -0.0506. The SMILES string of the molecule is CN1CCOC(CNCc2ccccc2OC(F)F)C1. The molecule has 0 radical (unpaired) electrons. The van der Waals surface area contributed by atoms with Crippen LogP contribution in [0.2, 0.25) is 0 Å². The Hall–Kier alpha value is -1.24. The fourth-order valence-electron chi connectivity index (χ4n) is 2.22. The molecule has 112 valence electrons. The van der Waals surface area contributed by atoms with Gasteiger partial charge in [-0.2, -0.15) is 8.78 Å². The Kier molecular flexibility index (Phi) is 5.70. The van der Waals surface area contributed by atoms with Crippen molar-refractivity contribution in [3.05, 3.63) is 29.8 Å². The van der Waals surface area contributed by atoms with Gasteiger partial charge in [-0.1, -0.05) is 18.2 Å². The van der Waals surface area contributed by atoms with Crippen LogP contribution in [0.25, 0.3) is 0 Å². The fourth-order valence-corrected chi connectivity index (χ4v) is 2.22. The van der Waals surface area contributed by atoms with Crippen LogP contribution in [0.3, 0.4) is 0 Å². The zero-order chi connectivity index (χ0) is 14.4. The van der Waals surface area contributed by atoms with Gasteiger partial charge in [-0.3, -0.25) is 0 Å². The van der Waals surface area contributed by atoms with E-state index in [1.54, 1.807) is 24.3 Å². The van der Waals surface area contributed by atoms with Gasteiger partial charge in [-0.25, -0.2) is 0 Å². The maximum atomic E-state index is 12.3. The van der Waals surface area contributed by atoms with Gasteiger partial charge >= 0.3 is 6.61 Å². The van der Waals surface area contributed by atoms with Crippen LogP contribution in [-0.2, 0) is 11.3 Å². The maximum absolute atomic E-state index is 12.3. The standard InChI is InChI=1S/C14H20F2N2O2/c1-18-6-7-19-12(10-18)9-17-8-11-4-2-3-5-13(11)20-14(15)16/h2-5,12,14,17H,6-10H2,1H3. The molecule has 1 heterocycles. The lowest BCUT2D eigenvalue weighted by atomic mass is 10.2. The summed E-state index contributed by atoms with van der Waals surface area (Å²) in [5, 5.41) is 3.23. The van der Waals surface area contributed by atoms with Crippen LogP contribution in [0.15, 0.2) is 24.3 Å². The first kappa shape index (κ1) is 15.2. The summed E-state index contributed by atoms with van der Waals surface area (Å²) in [6.07, 6.45) is 0.136. The highest BCUT2D eigenvalue weighted by atomic mass is 19.3. The number of alkyl halides is 2. The number of benzene rings is 1. The molecule has 4 nitrogen and oxygen atoms in total. The number of morpholine rings is 1. The van der Waals surface area contributed by atoms with E-state index in [9.17, 15) is 8.78 Å². The highest BCUT2D eigenvalue weighted by Gasteiger charge is 2.17. The molecule has 0 bridgehead atoms. The van der Waals surface area contributed by atoms with Crippen molar-refractivity contribution in [1.29, 1.82) is 0 Å². The predicted molar refractivity (Wildman–Crippen MR) is 72.0 cm³/mol. The molecule has 1 aliphatic heterocycles. The topological polar surface area (TPSA) is 33.7 Å². The van der Waals surface area contributed by atoms with Crippen molar-refractivity contribution in [2.45, 2.75) is 19.3 Å². The van der Waals surface area contributed by atoms with E-state index in [0.717, 1.165) is 25.3 Å². The normalized spacial score (nSPS) is 20.3. The molecule has 0 spiro atoms. The summed E-state index contributed by atoms with van der Waals surface area (Å²) in [6, 6.07) is 6.81. The minimum Gasteiger partial charge on any atom is -0.434 e. The molecule has 20 heavy (non-hydrogen) atoms. The average Bonchev–Trinajstić information content (AvgIpc) is 2.40. The Morgan fingerprint density at radius 1 is 1.45 bits per heavy atom. The third-order valence-electron chi connectivity index (χ3n) is 3.22. The van der Waals surface area contributed by atoms with E-state index in [0.29, 0.717) is 13.1 Å². The lowest BCUT2D eigenvalue weighted by Crippen LogP contribution is -2.44. The Morgan fingerprint density at radius 3 is 3.00 bits per heavy atom. The number of para-hydroxylation sites is 1. The summed E-state index contributed by atoms with van der Waals surface area (Å²) in [5.41, 5.74) is 0.719. The second kappa shape index (κ2) is 7.52. The summed E-state index contributed by atoms with van der Waals surface area (Å²) < 4.78 is 34.7. The van der Waals surface area contributed by atoms with Gasteiger partial charge in [0.05, 0.1) is 12.7 Å². The molecule has 6 heteroatoms. The second-order valence-electron chi connectivity index (χ2n) is 4.87. The molecule has 0 aromatic heterocycles. The van der Waals surface area contributed by atoms with Crippen molar-refractivity contribution in [2.75, 3.05) is 33.3 Å². The Labute approximate surface area is 117 Å². The van der Waals surface area contributed by atoms with Crippen LogP contribution in [0, 0.1) is 0 Å². The number of hydrogen-bond acceptors (Lipinski definition) is 4. The number of ether oxygens (including phenoxy) is 2. The van der Waals surface area contributed by atoms with Gasteiger partial charge in [0.15, 0.2) is 0 Å². The number of halogens is 2. The number of rotatable bonds is 6.